The second-order valence-electron chi connectivity index (χ2n) is 4.50. The molecule has 0 unspecified atom stereocenters. The van der Waals surface area contributed by atoms with Crippen LogP contribution in [0.5, 0.6) is 5.88 Å². The van der Waals surface area contributed by atoms with E-state index in [9.17, 15) is 0 Å². The van der Waals surface area contributed by atoms with Crippen LogP contribution in [0.25, 0.3) is 11.4 Å². The molecule has 6 heteroatoms. The predicted octanol–water partition coefficient (Wildman–Crippen LogP) is 2.77. The molecular weight excluding hydrogens is 308 g/mol. The van der Waals surface area contributed by atoms with Crippen LogP contribution in [0.1, 0.15) is 24.5 Å². The maximum absolute atomic E-state index is 5.94. The standard InChI is InChI=1S/C13H13BrN4O/c1-19-9-5-4-8(6-16-9)13-17-11(7-2-3-7)10(14)12(15)18-13/h4-7H,2-3H2,1H3,(H2,15,17,18). The van der Waals surface area contributed by atoms with Gasteiger partial charge in [0.15, 0.2) is 5.82 Å². The molecule has 0 radical (unpaired) electrons. The van der Waals surface area contributed by atoms with Crippen molar-refractivity contribution in [3.63, 3.8) is 0 Å². The first-order chi connectivity index (χ1) is 9.19. The van der Waals surface area contributed by atoms with Crippen LogP contribution in [0.3, 0.4) is 0 Å². The van der Waals surface area contributed by atoms with Gasteiger partial charge < -0.3 is 10.5 Å². The van der Waals surface area contributed by atoms with Gasteiger partial charge in [0.25, 0.3) is 0 Å². The molecule has 0 bridgehead atoms. The summed E-state index contributed by atoms with van der Waals surface area (Å²) in [6.45, 7) is 0. The van der Waals surface area contributed by atoms with Crippen LogP contribution in [0, 0.1) is 0 Å². The molecule has 2 heterocycles. The number of methoxy groups -OCH3 is 1. The molecule has 2 aromatic rings. The minimum Gasteiger partial charge on any atom is -0.481 e. The number of ether oxygens (including phenoxy) is 1. The molecule has 2 N–H and O–H groups in total. The lowest BCUT2D eigenvalue weighted by molar-refractivity contribution is 0.398. The van der Waals surface area contributed by atoms with E-state index in [4.69, 9.17) is 10.5 Å². The highest BCUT2D eigenvalue weighted by Gasteiger charge is 2.29. The molecule has 5 nitrogen and oxygen atoms in total. The van der Waals surface area contributed by atoms with Crippen molar-refractivity contribution >= 4 is 21.7 Å². The minimum absolute atomic E-state index is 0.475. The highest BCUT2D eigenvalue weighted by Crippen LogP contribution is 2.43. The fraction of sp³-hybridized carbons (Fsp3) is 0.308. The Morgan fingerprint density at radius 3 is 2.68 bits per heavy atom. The predicted molar refractivity (Wildman–Crippen MR) is 75.9 cm³/mol. The molecule has 0 amide bonds. The Morgan fingerprint density at radius 2 is 2.11 bits per heavy atom. The van der Waals surface area contributed by atoms with Crippen molar-refractivity contribution in [3.8, 4) is 17.3 Å². The Bertz CT molecular complexity index is 611. The summed E-state index contributed by atoms with van der Waals surface area (Å²) in [6, 6.07) is 3.67. The molecule has 1 aliphatic rings. The first-order valence-electron chi connectivity index (χ1n) is 6.02. The van der Waals surface area contributed by atoms with Crippen LogP contribution in [0.2, 0.25) is 0 Å². The summed E-state index contributed by atoms with van der Waals surface area (Å²) in [5, 5.41) is 0. The van der Waals surface area contributed by atoms with Gasteiger partial charge in [0, 0.05) is 23.7 Å². The quantitative estimate of drug-likeness (QED) is 0.941. The first kappa shape index (κ1) is 12.3. The number of nitrogens with zero attached hydrogens (tertiary/aromatic N) is 3. The van der Waals surface area contributed by atoms with E-state index < -0.39 is 0 Å². The lowest BCUT2D eigenvalue weighted by atomic mass is 10.2. The number of nitrogens with two attached hydrogens (primary N) is 1. The summed E-state index contributed by atoms with van der Waals surface area (Å²) in [4.78, 5) is 13.1. The van der Waals surface area contributed by atoms with Crippen molar-refractivity contribution in [3.05, 3.63) is 28.5 Å². The Morgan fingerprint density at radius 1 is 1.32 bits per heavy atom. The van der Waals surface area contributed by atoms with Gasteiger partial charge in [-0.3, -0.25) is 0 Å². The molecular formula is C13H13BrN4O. The van der Waals surface area contributed by atoms with Gasteiger partial charge in [-0.25, -0.2) is 15.0 Å². The molecule has 0 saturated heterocycles. The Labute approximate surface area is 119 Å². The Hall–Kier alpha value is -1.69. The lowest BCUT2D eigenvalue weighted by Gasteiger charge is -2.08. The first-order valence-corrected chi connectivity index (χ1v) is 6.81. The topological polar surface area (TPSA) is 73.9 Å². The van der Waals surface area contributed by atoms with E-state index in [1.54, 1.807) is 19.4 Å². The number of aromatic nitrogens is 3. The maximum atomic E-state index is 5.94. The zero-order valence-electron chi connectivity index (χ0n) is 10.4. The van der Waals surface area contributed by atoms with Crippen molar-refractivity contribution in [2.75, 3.05) is 12.8 Å². The van der Waals surface area contributed by atoms with Crippen LogP contribution in [0.15, 0.2) is 22.8 Å². The summed E-state index contributed by atoms with van der Waals surface area (Å²) in [7, 11) is 1.58. The maximum Gasteiger partial charge on any atom is 0.212 e. The molecule has 0 aliphatic heterocycles. The zero-order valence-corrected chi connectivity index (χ0v) is 12.0. The van der Waals surface area contributed by atoms with Gasteiger partial charge in [0.1, 0.15) is 5.82 Å². The zero-order chi connectivity index (χ0) is 13.4. The molecule has 0 atom stereocenters. The number of nitrogen functional groups attached to an aromatic ring is 1. The van der Waals surface area contributed by atoms with Crippen molar-refractivity contribution in [1.29, 1.82) is 0 Å². The van der Waals surface area contributed by atoms with Crippen LogP contribution in [0.4, 0.5) is 5.82 Å². The summed E-state index contributed by atoms with van der Waals surface area (Å²) in [5.41, 5.74) is 7.77. The van der Waals surface area contributed by atoms with Crippen molar-refractivity contribution in [2.45, 2.75) is 18.8 Å². The largest absolute Gasteiger partial charge is 0.481 e. The van der Waals surface area contributed by atoms with E-state index in [1.807, 2.05) is 6.07 Å². The molecule has 19 heavy (non-hydrogen) atoms. The van der Waals surface area contributed by atoms with Crippen LogP contribution >= 0.6 is 15.9 Å². The molecule has 3 rings (SSSR count). The fourth-order valence-electron chi connectivity index (χ4n) is 1.87. The van der Waals surface area contributed by atoms with E-state index in [1.165, 1.54) is 0 Å². The SMILES string of the molecule is COc1ccc(-c2nc(N)c(Br)c(C3CC3)n2)cn1. The Balaban J connectivity index is 2.03. The molecule has 0 spiro atoms. The second kappa shape index (κ2) is 4.77. The molecule has 0 aromatic carbocycles. The molecule has 2 aromatic heterocycles. The third-order valence-electron chi connectivity index (χ3n) is 3.07. The number of rotatable bonds is 3. The van der Waals surface area contributed by atoms with Gasteiger partial charge in [-0.2, -0.15) is 0 Å². The minimum atomic E-state index is 0.475. The van der Waals surface area contributed by atoms with Crippen molar-refractivity contribution < 1.29 is 4.74 Å². The van der Waals surface area contributed by atoms with Crippen molar-refractivity contribution in [2.24, 2.45) is 0 Å². The summed E-state index contributed by atoms with van der Waals surface area (Å²) in [5.74, 6) is 2.15. The average molecular weight is 321 g/mol. The highest BCUT2D eigenvalue weighted by atomic mass is 79.9. The number of anilines is 1. The lowest BCUT2D eigenvalue weighted by Crippen LogP contribution is -2.02. The van der Waals surface area contributed by atoms with E-state index in [0.29, 0.717) is 23.4 Å². The summed E-state index contributed by atoms with van der Waals surface area (Å²) in [6.07, 6.45) is 4.02. The number of pyridine rings is 1. The third-order valence-corrected chi connectivity index (χ3v) is 3.88. The summed E-state index contributed by atoms with van der Waals surface area (Å²) >= 11 is 3.46. The van der Waals surface area contributed by atoms with Gasteiger partial charge >= 0.3 is 0 Å². The molecule has 1 saturated carbocycles. The smallest absolute Gasteiger partial charge is 0.212 e. The van der Waals surface area contributed by atoms with Gasteiger partial charge in [-0.15, -0.1) is 0 Å². The van der Waals surface area contributed by atoms with E-state index >= 15 is 0 Å². The molecule has 1 fully saturated rings. The average Bonchev–Trinajstić information content (AvgIpc) is 3.26. The third kappa shape index (κ3) is 2.40. The summed E-state index contributed by atoms with van der Waals surface area (Å²) < 4.78 is 5.86. The highest BCUT2D eigenvalue weighted by molar-refractivity contribution is 9.10. The van der Waals surface area contributed by atoms with Crippen LogP contribution in [-0.2, 0) is 0 Å². The normalized spacial score (nSPS) is 14.4. The molecule has 98 valence electrons. The Kier molecular flexibility index (Phi) is 3.10. The fourth-order valence-corrected chi connectivity index (χ4v) is 2.37. The number of hydrogen-bond acceptors (Lipinski definition) is 5. The van der Waals surface area contributed by atoms with Gasteiger partial charge in [-0.05, 0) is 34.8 Å². The van der Waals surface area contributed by atoms with Gasteiger partial charge in [0.2, 0.25) is 5.88 Å². The molecule has 1 aliphatic carbocycles. The van der Waals surface area contributed by atoms with E-state index in [0.717, 1.165) is 28.6 Å². The van der Waals surface area contributed by atoms with Gasteiger partial charge in [-0.1, -0.05) is 0 Å². The monoisotopic (exact) mass is 320 g/mol. The van der Waals surface area contributed by atoms with Gasteiger partial charge in [0.05, 0.1) is 17.3 Å². The number of halogens is 1. The van der Waals surface area contributed by atoms with Crippen molar-refractivity contribution in [1.82, 2.24) is 15.0 Å². The number of hydrogen-bond donors (Lipinski definition) is 1. The second-order valence-corrected chi connectivity index (χ2v) is 5.29. The van der Waals surface area contributed by atoms with E-state index in [-0.39, 0.29) is 0 Å². The van der Waals surface area contributed by atoms with Crippen LogP contribution in [-0.4, -0.2) is 22.1 Å². The van der Waals surface area contributed by atoms with E-state index in [2.05, 4.69) is 30.9 Å². The van der Waals surface area contributed by atoms with Crippen LogP contribution < -0.4 is 10.5 Å².